The second kappa shape index (κ2) is 15.6. The first-order valence-corrected chi connectivity index (χ1v) is 22.4. The summed E-state index contributed by atoms with van der Waals surface area (Å²) in [6.45, 7) is 9.45. The molecule has 0 spiro atoms. The number of benzene rings is 9. The zero-order valence-electron chi connectivity index (χ0n) is 36.8. The van der Waals surface area contributed by atoms with Crippen molar-refractivity contribution in [1.82, 2.24) is 0 Å². The fourth-order valence-corrected chi connectivity index (χ4v) is 10.2. The van der Waals surface area contributed by atoms with Gasteiger partial charge in [-0.25, -0.2) is 0 Å². The van der Waals surface area contributed by atoms with Crippen LogP contribution in [0.4, 0.5) is 34.1 Å². The van der Waals surface area contributed by atoms with Crippen LogP contribution in [0, 0.1) is 0 Å². The largest absolute Gasteiger partial charge is 0.311 e. The quantitative estimate of drug-likeness (QED) is 0.134. The molecule has 11 rings (SSSR count). The summed E-state index contributed by atoms with van der Waals surface area (Å²) in [6.07, 6.45) is 4.38. The highest BCUT2D eigenvalue weighted by atomic mass is 15.1. The topological polar surface area (TPSA) is 6.48 Å². The summed E-state index contributed by atoms with van der Waals surface area (Å²) in [6, 6.07) is 79.7. The van der Waals surface area contributed by atoms with Crippen molar-refractivity contribution < 1.29 is 0 Å². The lowest BCUT2D eigenvalue weighted by Crippen LogP contribution is -2.18. The molecule has 0 amide bonds. The van der Waals surface area contributed by atoms with Crippen LogP contribution in [-0.4, -0.2) is 0 Å². The van der Waals surface area contributed by atoms with Crippen molar-refractivity contribution in [3.8, 4) is 33.4 Å². The average Bonchev–Trinajstić information content (AvgIpc) is 3.71. The van der Waals surface area contributed by atoms with Crippen LogP contribution in [0.5, 0.6) is 0 Å². The minimum absolute atomic E-state index is 0.0992. The van der Waals surface area contributed by atoms with Gasteiger partial charge in [-0.05, 0) is 140 Å². The summed E-state index contributed by atoms with van der Waals surface area (Å²) in [5.74, 6) is 0. The van der Waals surface area contributed by atoms with E-state index >= 15 is 0 Å². The number of nitrogens with zero attached hydrogens (tertiary/aromatic N) is 2. The number of hydrogen-bond donors (Lipinski definition) is 0. The van der Waals surface area contributed by atoms with E-state index in [2.05, 4.69) is 268 Å². The van der Waals surface area contributed by atoms with Gasteiger partial charge in [0.05, 0.1) is 0 Å². The minimum Gasteiger partial charge on any atom is -0.311 e. The molecule has 0 saturated carbocycles. The SMILES string of the molecule is CC1(C)c2ccccc2-c2ccc(N(c3ccc(-c4ccc(/C=C/c5ccc(N(c6ccccc6)c6ccccc6)cc5)cc4)cc3)c3ccc4c(c3)C(C)(C)c3ccccc3-4)cc21. The molecule has 0 aromatic heterocycles. The van der Waals surface area contributed by atoms with Gasteiger partial charge in [0.15, 0.2) is 0 Å². The van der Waals surface area contributed by atoms with Gasteiger partial charge >= 0.3 is 0 Å². The average molecular weight is 823 g/mol. The van der Waals surface area contributed by atoms with E-state index in [-0.39, 0.29) is 10.8 Å². The van der Waals surface area contributed by atoms with Crippen molar-refractivity contribution in [2.75, 3.05) is 9.80 Å². The zero-order chi connectivity index (χ0) is 43.4. The number of rotatable bonds is 9. The van der Waals surface area contributed by atoms with Crippen LogP contribution < -0.4 is 9.80 Å². The maximum absolute atomic E-state index is 2.45. The molecule has 9 aromatic rings. The number of fused-ring (bicyclic) bond motifs is 6. The molecule has 0 unspecified atom stereocenters. The minimum atomic E-state index is -0.0992. The van der Waals surface area contributed by atoms with Gasteiger partial charge in [0.1, 0.15) is 0 Å². The number of para-hydroxylation sites is 2. The standard InChI is InChI=1S/C62H50N2/c1-61(2)57-21-13-11-19-53(57)55-39-37-51(41-59(55)61)64(52-38-40-56-54-20-12-14-22-58(54)62(3,4)60(56)42-52)50-35-31-46(32-36-50)45-29-25-43(26-30-45)23-24-44-27-33-49(34-28-44)63(47-15-7-5-8-16-47)48-17-9-6-10-18-48/h5-42H,1-4H3/b24-23+. The summed E-state index contributed by atoms with van der Waals surface area (Å²) in [5.41, 5.74) is 22.2. The molecule has 0 fully saturated rings. The van der Waals surface area contributed by atoms with Gasteiger partial charge in [-0.15, -0.1) is 0 Å². The van der Waals surface area contributed by atoms with Crippen molar-refractivity contribution >= 4 is 46.3 Å². The number of anilines is 6. The highest BCUT2D eigenvalue weighted by Crippen LogP contribution is 2.53. The molecule has 0 radical (unpaired) electrons. The molecule has 0 bridgehead atoms. The maximum Gasteiger partial charge on any atom is 0.0465 e. The Hall–Kier alpha value is -7.68. The summed E-state index contributed by atoms with van der Waals surface area (Å²) in [5, 5.41) is 0. The van der Waals surface area contributed by atoms with Gasteiger partial charge in [-0.1, -0.05) is 185 Å². The Morgan fingerprint density at radius 3 is 1.05 bits per heavy atom. The van der Waals surface area contributed by atoms with Crippen LogP contribution in [0.2, 0.25) is 0 Å². The van der Waals surface area contributed by atoms with Crippen molar-refractivity contribution in [2.24, 2.45) is 0 Å². The predicted molar refractivity (Wildman–Crippen MR) is 272 cm³/mol. The summed E-state index contributed by atoms with van der Waals surface area (Å²) in [4.78, 5) is 4.74. The molecule has 308 valence electrons. The van der Waals surface area contributed by atoms with E-state index in [0.717, 1.165) is 45.3 Å². The van der Waals surface area contributed by atoms with Crippen molar-refractivity contribution in [3.05, 3.63) is 252 Å². The lowest BCUT2D eigenvalue weighted by molar-refractivity contribution is 0.660. The Morgan fingerprint density at radius 2 is 0.594 bits per heavy atom. The van der Waals surface area contributed by atoms with E-state index < -0.39 is 0 Å². The summed E-state index contributed by atoms with van der Waals surface area (Å²) >= 11 is 0. The van der Waals surface area contributed by atoms with Gasteiger partial charge in [-0.3, -0.25) is 0 Å². The van der Waals surface area contributed by atoms with E-state index in [0.29, 0.717) is 0 Å². The van der Waals surface area contributed by atoms with Gasteiger partial charge < -0.3 is 9.80 Å². The van der Waals surface area contributed by atoms with Crippen molar-refractivity contribution in [2.45, 2.75) is 38.5 Å². The summed E-state index contributed by atoms with van der Waals surface area (Å²) < 4.78 is 0. The van der Waals surface area contributed by atoms with E-state index in [4.69, 9.17) is 0 Å². The Morgan fingerprint density at radius 1 is 0.281 bits per heavy atom. The Labute approximate surface area is 378 Å². The maximum atomic E-state index is 2.45. The molecular weight excluding hydrogens is 773 g/mol. The highest BCUT2D eigenvalue weighted by molar-refractivity contribution is 5.89. The van der Waals surface area contributed by atoms with Crippen molar-refractivity contribution in [1.29, 1.82) is 0 Å². The van der Waals surface area contributed by atoms with Gasteiger partial charge in [0, 0.05) is 45.0 Å². The second-order valence-electron chi connectivity index (χ2n) is 18.2. The smallest absolute Gasteiger partial charge is 0.0465 e. The van der Waals surface area contributed by atoms with Gasteiger partial charge in [0.2, 0.25) is 0 Å². The molecule has 0 heterocycles. The van der Waals surface area contributed by atoms with E-state index in [1.165, 1.54) is 55.6 Å². The highest BCUT2D eigenvalue weighted by Gasteiger charge is 2.37. The van der Waals surface area contributed by atoms with Crippen molar-refractivity contribution in [3.63, 3.8) is 0 Å². The number of hydrogen-bond acceptors (Lipinski definition) is 2. The Kier molecular flexibility index (Phi) is 9.55. The third-order valence-corrected chi connectivity index (χ3v) is 13.7. The molecule has 0 aliphatic heterocycles. The molecule has 0 atom stereocenters. The zero-order valence-corrected chi connectivity index (χ0v) is 36.8. The third-order valence-electron chi connectivity index (χ3n) is 13.7. The van der Waals surface area contributed by atoms with Crippen LogP contribution in [0.25, 0.3) is 45.5 Å². The monoisotopic (exact) mass is 822 g/mol. The molecule has 2 nitrogen and oxygen atoms in total. The predicted octanol–water partition coefficient (Wildman–Crippen LogP) is 17.1. The van der Waals surface area contributed by atoms with Crippen LogP contribution in [0.15, 0.2) is 218 Å². The molecular formula is C62H50N2. The van der Waals surface area contributed by atoms with Crippen LogP contribution >= 0.6 is 0 Å². The Balaban J connectivity index is 0.879. The second-order valence-corrected chi connectivity index (χ2v) is 18.2. The Bertz CT molecular complexity index is 3030. The normalized spacial score (nSPS) is 13.8. The van der Waals surface area contributed by atoms with Crippen LogP contribution in [0.3, 0.4) is 0 Å². The van der Waals surface area contributed by atoms with Crippen LogP contribution in [0.1, 0.15) is 61.1 Å². The fourth-order valence-electron chi connectivity index (χ4n) is 10.2. The molecule has 64 heavy (non-hydrogen) atoms. The lowest BCUT2D eigenvalue weighted by atomic mass is 9.82. The fraction of sp³-hybridized carbons (Fsp3) is 0.0968. The molecule has 9 aromatic carbocycles. The van der Waals surface area contributed by atoms with E-state index in [1.807, 2.05) is 0 Å². The van der Waals surface area contributed by atoms with Gasteiger partial charge in [-0.2, -0.15) is 0 Å². The van der Waals surface area contributed by atoms with E-state index in [9.17, 15) is 0 Å². The van der Waals surface area contributed by atoms with Crippen LogP contribution in [-0.2, 0) is 10.8 Å². The summed E-state index contributed by atoms with van der Waals surface area (Å²) in [7, 11) is 0. The third kappa shape index (κ3) is 6.74. The lowest BCUT2D eigenvalue weighted by Gasteiger charge is -2.30. The van der Waals surface area contributed by atoms with Gasteiger partial charge in [0.25, 0.3) is 0 Å². The first kappa shape index (κ1) is 39.2. The van der Waals surface area contributed by atoms with E-state index in [1.54, 1.807) is 0 Å². The molecule has 0 saturated heterocycles. The molecule has 0 N–H and O–H groups in total. The molecule has 2 heteroatoms. The molecule has 2 aliphatic carbocycles. The first-order valence-electron chi connectivity index (χ1n) is 22.4. The first-order chi connectivity index (χ1) is 31.2. The molecule has 2 aliphatic rings.